The van der Waals surface area contributed by atoms with Crippen LogP contribution in [0.15, 0.2) is 55.0 Å². The first kappa shape index (κ1) is 26.9. The molecule has 0 radical (unpaired) electrons. The van der Waals surface area contributed by atoms with Crippen molar-refractivity contribution in [3.8, 4) is 17.1 Å². The van der Waals surface area contributed by atoms with Crippen molar-refractivity contribution in [2.45, 2.75) is 39.7 Å². The summed E-state index contributed by atoms with van der Waals surface area (Å²) in [6.45, 7) is 2.04. The summed E-state index contributed by atoms with van der Waals surface area (Å²) in [4.78, 5) is 27.4. The number of pyridine rings is 1. The average molecular weight is 525 g/mol. The van der Waals surface area contributed by atoms with Crippen LogP contribution in [-0.4, -0.2) is 50.1 Å². The second-order valence-electron chi connectivity index (χ2n) is 9.57. The van der Waals surface area contributed by atoms with Crippen LogP contribution in [0.2, 0.25) is 0 Å². The largest absolute Gasteiger partial charge is 0.481 e. The van der Waals surface area contributed by atoms with Gasteiger partial charge in [0, 0.05) is 42.5 Å². The Morgan fingerprint density at radius 1 is 1.13 bits per heavy atom. The molecule has 1 aliphatic rings. The van der Waals surface area contributed by atoms with E-state index in [0.29, 0.717) is 43.7 Å². The highest BCUT2D eigenvalue weighted by Gasteiger charge is 2.37. The predicted molar refractivity (Wildman–Crippen MR) is 139 cm³/mol. The number of aromatic nitrogens is 4. The molecule has 4 N–H and O–H groups in total. The van der Waals surface area contributed by atoms with Gasteiger partial charge in [-0.1, -0.05) is 18.2 Å². The molecule has 1 fully saturated rings. The fourth-order valence-electron chi connectivity index (χ4n) is 4.70. The van der Waals surface area contributed by atoms with Crippen LogP contribution in [0.1, 0.15) is 36.7 Å². The summed E-state index contributed by atoms with van der Waals surface area (Å²) in [7, 11) is 0. The fourth-order valence-corrected chi connectivity index (χ4v) is 4.70. The molecule has 1 saturated heterocycles. The van der Waals surface area contributed by atoms with E-state index >= 15 is 0 Å². The summed E-state index contributed by atoms with van der Waals surface area (Å²) in [5.74, 6) is -0.0756. The minimum Gasteiger partial charge on any atom is -0.481 e. The molecule has 3 aromatic heterocycles. The Labute approximate surface area is 218 Å². The standard InChI is InChI=1S/C27H27F2N5O3.H3N/c1-17-21(13-18-5-3-4-6-22(18)37-26(28)29)34-16-19(7-8-23(34)32-17)24-30-14-20(15-31-24)33-11-9-27(2,10-12-33)25(35)36;/h3-8,14-16,26H,9-13H2,1-2H3,(H,35,36);1H3. The number of carbonyl (C=O) groups is 1. The zero-order chi connectivity index (χ0) is 26.2. The number of hydrogen-bond acceptors (Lipinski definition) is 7. The van der Waals surface area contributed by atoms with Crippen LogP contribution in [-0.2, 0) is 11.2 Å². The SMILES string of the molecule is Cc1nc2ccc(-c3ncc(N4CCC(C)(C(=O)O)CC4)cn3)cn2c1Cc1ccccc1OC(F)F.N. The number of para-hydroxylation sites is 1. The lowest BCUT2D eigenvalue weighted by Gasteiger charge is -2.37. The molecule has 200 valence electrons. The minimum absolute atomic E-state index is 0. The minimum atomic E-state index is -2.90. The van der Waals surface area contributed by atoms with Crippen LogP contribution < -0.4 is 15.8 Å². The molecule has 0 atom stereocenters. The van der Waals surface area contributed by atoms with E-state index in [9.17, 15) is 18.7 Å². The highest BCUT2D eigenvalue weighted by Crippen LogP contribution is 2.33. The van der Waals surface area contributed by atoms with Crippen molar-refractivity contribution in [3.05, 3.63) is 71.9 Å². The van der Waals surface area contributed by atoms with E-state index in [-0.39, 0.29) is 11.9 Å². The zero-order valence-corrected chi connectivity index (χ0v) is 21.3. The molecule has 0 unspecified atom stereocenters. The summed E-state index contributed by atoms with van der Waals surface area (Å²) in [6, 6.07) is 10.5. The molecule has 4 heterocycles. The number of carboxylic acids is 1. The molecule has 38 heavy (non-hydrogen) atoms. The third-order valence-corrected chi connectivity index (χ3v) is 7.11. The smallest absolute Gasteiger partial charge is 0.387 e. The molecule has 5 rings (SSSR count). The number of fused-ring (bicyclic) bond motifs is 1. The van der Waals surface area contributed by atoms with Crippen LogP contribution in [0.5, 0.6) is 5.75 Å². The van der Waals surface area contributed by atoms with Crippen molar-refractivity contribution in [1.29, 1.82) is 0 Å². The van der Waals surface area contributed by atoms with Crippen molar-refractivity contribution in [2.75, 3.05) is 18.0 Å². The number of halogens is 2. The molecule has 0 saturated carbocycles. The van der Waals surface area contributed by atoms with Gasteiger partial charge in [-0.15, -0.1) is 0 Å². The number of ether oxygens (including phenoxy) is 1. The average Bonchev–Trinajstić information content (AvgIpc) is 3.19. The summed E-state index contributed by atoms with van der Waals surface area (Å²) in [6.07, 6.45) is 6.91. The van der Waals surface area contributed by atoms with E-state index in [1.165, 1.54) is 6.07 Å². The number of nitrogens with zero attached hydrogens (tertiary/aromatic N) is 5. The fraction of sp³-hybridized carbons (Fsp3) is 0.333. The van der Waals surface area contributed by atoms with Crippen LogP contribution in [0.3, 0.4) is 0 Å². The Bertz CT molecular complexity index is 1430. The van der Waals surface area contributed by atoms with Crippen LogP contribution >= 0.6 is 0 Å². The Kier molecular flexibility index (Phi) is 7.58. The van der Waals surface area contributed by atoms with Gasteiger partial charge in [-0.3, -0.25) is 4.79 Å². The summed E-state index contributed by atoms with van der Waals surface area (Å²) in [5, 5.41) is 9.46. The number of aryl methyl sites for hydroxylation is 1. The Morgan fingerprint density at radius 2 is 1.82 bits per heavy atom. The quantitative estimate of drug-likeness (QED) is 0.340. The van der Waals surface area contributed by atoms with Gasteiger partial charge < -0.3 is 25.3 Å². The third-order valence-electron chi connectivity index (χ3n) is 7.11. The molecule has 0 spiro atoms. The number of piperidine rings is 1. The highest BCUT2D eigenvalue weighted by atomic mass is 19.3. The van der Waals surface area contributed by atoms with Crippen LogP contribution in [0, 0.1) is 12.3 Å². The van der Waals surface area contributed by atoms with E-state index < -0.39 is 18.0 Å². The molecule has 0 aliphatic carbocycles. The summed E-state index contributed by atoms with van der Waals surface area (Å²) in [5.41, 5.74) is 3.96. The van der Waals surface area contributed by atoms with E-state index in [1.54, 1.807) is 37.5 Å². The van der Waals surface area contributed by atoms with Gasteiger partial charge in [-0.2, -0.15) is 8.78 Å². The van der Waals surface area contributed by atoms with Gasteiger partial charge in [0.05, 0.1) is 29.2 Å². The molecule has 1 aliphatic heterocycles. The van der Waals surface area contributed by atoms with Crippen molar-refractivity contribution in [2.24, 2.45) is 5.41 Å². The molecular formula is C27H30F2N6O3. The maximum atomic E-state index is 12.9. The first-order valence-electron chi connectivity index (χ1n) is 12.0. The number of alkyl halides is 2. The van der Waals surface area contributed by atoms with Gasteiger partial charge in [0.1, 0.15) is 11.4 Å². The monoisotopic (exact) mass is 524 g/mol. The number of imidazole rings is 1. The summed E-state index contributed by atoms with van der Waals surface area (Å²) < 4.78 is 32.4. The van der Waals surface area contributed by atoms with Crippen molar-refractivity contribution < 1.29 is 23.4 Å². The predicted octanol–water partition coefficient (Wildman–Crippen LogP) is 5.15. The van der Waals surface area contributed by atoms with Gasteiger partial charge >= 0.3 is 12.6 Å². The molecule has 0 amide bonds. The molecule has 11 heteroatoms. The molecule has 1 aromatic carbocycles. The number of carboxylic acid groups (broad SMARTS) is 1. The van der Waals surface area contributed by atoms with Crippen molar-refractivity contribution in [1.82, 2.24) is 25.5 Å². The molecule has 9 nitrogen and oxygen atoms in total. The lowest BCUT2D eigenvalue weighted by atomic mass is 9.80. The van der Waals surface area contributed by atoms with Crippen molar-refractivity contribution in [3.63, 3.8) is 0 Å². The number of anilines is 1. The van der Waals surface area contributed by atoms with E-state index in [1.807, 2.05) is 29.7 Å². The Hall–Kier alpha value is -4.12. The van der Waals surface area contributed by atoms with E-state index in [4.69, 9.17) is 4.74 Å². The van der Waals surface area contributed by atoms with Gasteiger partial charge in [-0.25, -0.2) is 15.0 Å². The first-order chi connectivity index (χ1) is 17.7. The maximum absolute atomic E-state index is 12.9. The number of benzene rings is 1. The number of hydrogen-bond donors (Lipinski definition) is 2. The Morgan fingerprint density at radius 3 is 2.47 bits per heavy atom. The van der Waals surface area contributed by atoms with Gasteiger partial charge in [0.25, 0.3) is 0 Å². The first-order valence-corrected chi connectivity index (χ1v) is 12.0. The maximum Gasteiger partial charge on any atom is 0.387 e. The lowest BCUT2D eigenvalue weighted by molar-refractivity contribution is -0.149. The van der Waals surface area contributed by atoms with Gasteiger partial charge in [-0.05, 0) is 44.9 Å². The second-order valence-corrected chi connectivity index (χ2v) is 9.57. The molecule has 0 bridgehead atoms. The number of rotatable bonds is 7. The van der Waals surface area contributed by atoms with Crippen LogP contribution in [0.4, 0.5) is 14.5 Å². The van der Waals surface area contributed by atoms with E-state index in [2.05, 4.69) is 19.9 Å². The second kappa shape index (κ2) is 10.7. The molecule has 4 aromatic rings. The third kappa shape index (κ3) is 5.28. The zero-order valence-electron chi connectivity index (χ0n) is 21.3. The molecular weight excluding hydrogens is 494 g/mol. The van der Waals surface area contributed by atoms with Crippen LogP contribution in [0.25, 0.3) is 17.0 Å². The normalized spacial score (nSPS) is 14.9. The topological polar surface area (TPSA) is 128 Å². The highest BCUT2D eigenvalue weighted by molar-refractivity contribution is 5.74. The van der Waals surface area contributed by atoms with Gasteiger partial charge in [0.2, 0.25) is 0 Å². The summed E-state index contributed by atoms with van der Waals surface area (Å²) >= 11 is 0. The van der Waals surface area contributed by atoms with Crippen molar-refractivity contribution >= 4 is 17.3 Å². The number of aliphatic carboxylic acids is 1. The van der Waals surface area contributed by atoms with Gasteiger partial charge in [0.15, 0.2) is 5.82 Å². The van der Waals surface area contributed by atoms with E-state index in [0.717, 1.165) is 28.3 Å². The Balaban J connectivity index is 0.00000336. The lowest BCUT2D eigenvalue weighted by Crippen LogP contribution is -2.42.